The maximum Gasteiger partial charge on any atom is 0.230 e. The summed E-state index contributed by atoms with van der Waals surface area (Å²) in [6.45, 7) is 1.07. The van der Waals surface area contributed by atoms with E-state index in [-0.39, 0.29) is 0 Å². The number of benzene rings is 1. The molecule has 2 N–H and O–H groups in total. The molecule has 2 aromatic rings. The van der Waals surface area contributed by atoms with Crippen molar-refractivity contribution in [1.29, 1.82) is 0 Å². The molecule has 0 unspecified atom stereocenters. The van der Waals surface area contributed by atoms with Crippen LogP contribution in [0, 0.1) is 0 Å². The third kappa shape index (κ3) is 1.82. The molecule has 0 amide bonds. The minimum atomic E-state index is 0.322. The van der Waals surface area contributed by atoms with E-state index in [0.717, 1.165) is 36.3 Å². The molecule has 0 aliphatic carbocycles. The molecule has 0 atom stereocenters. The van der Waals surface area contributed by atoms with Gasteiger partial charge in [0.2, 0.25) is 5.88 Å². The molecule has 0 bridgehead atoms. The highest BCUT2D eigenvalue weighted by Crippen LogP contribution is 2.42. The molecule has 5 heteroatoms. The van der Waals surface area contributed by atoms with Gasteiger partial charge in [-0.25, -0.2) is 0 Å². The van der Waals surface area contributed by atoms with Gasteiger partial charge in [-0.1, -0.05) is 5.16 Å². The van der Waals surface area contributed by atoms with Gasteiger partial charge in [0.15, 0.2) is 0 Å². The van der Waals surface area contributed by atoms with Crippen LogP contribution < -0.4 is 15.4 Å². The maximum absolute atomic E-state index is 5.80. The summed E-state index contributed by atoms with van der Waals surface area (Å²) < 4.78 is 10.6. The second kappa shape index (κ2) is 4.50. The van der Waals surface area contributed by atoms with Crippen LogP contribution in [0.5, 0.6) is 5.75 Å². The van der Waals surface area contributed by atoms with E-state index < -0.39 is 0 Å². The molecule has 0 fully saturated rings. The molecule has 2 heterocycles. The summed E-state index contributed by atoms with van der Waals surface area (Å²) in [5.74, 6) is 1.20. The lowest BCUT2D eigenvalue weighted by Crippen LogP contribution is -2.25. The Morgan fingerprint density at radius 2 is 2.21 bits per heavy atom. The molecule has 5 nitrogen and oxygen atoms in total. The van der Waals surface area contributed by atoms with E-state index in [1.807, 2.05) is 6.07 Å². The first kappa shape index (κ1) is 11.9. The molecule has 0 radical (unpaired) electrons. The van der Waals surface area contributed by atoms with Crippen molar-refractivity contribution < 1.29 is 9.26 Å². The molecule has 1 aliphatic rings. The summed E-state index contributed by atoms with van der Waals surface area (Å²) >= 11 is 0. The quantitative estimate of drug-likeness (QED) is 0.896. The minimum Gasteiger partial charge on any atom is -0.496 e. The Morgan fingerprint density at radius 3 is 2.89 bits per heavy atom. The molecule has 0 spiro atoms. The first-order chi connectivity index (χ1) is 9.22. The van der Waals surface area contributed by atoms with Crippen LogP contribution in [0.3, 0.4) is 0 Å². The Balaban J connectivity index is 2.20. The van der Waals surface area contributed by atoms with Crippen molar-refractivity contribution in [2.24, 2.45) is 0 Å². The van der Waals surface area contributed by atoms with Gasteiger partial charge < -0.3 is 19.9 Å². The van der Waals surface area contributed by atoms with Crippen LogP contribution in [0.25, 0.3) is 11.1 Å². The normalized spacial score (nSPS) is 14.3. The maximum atomic E-state index is 5.80. The van der Waals surface area contributed by atoms with Crippen molar-refractivity contribution in [3.63, 3.8) is 0 Å². The average Bonchev–Trinajstić information content (AvgIpc) is 2.84. The molecule has 1 aromatic carbocycles. The molecule has 3 rings (SSSR count). The van der Waals surface area contributed by atoms with Crippen LogP contribution in [0.4, 0.5) is 11.6 Å². The average molecular weight is 259 g/mol. The zero-order chi connectivity index (χ0) is 13.4. The van der Waals surface area contributed by atoms with Crippen LogP contribution in [-0.4, -0.2) is 25.9 Å². The second-order valence-electron chi connectivity index (χ2n) is 4.77. The zero-order valence-electron chi connectivity index (χ0n) is 11.1. The number of nitrogens with two attached hydrogens (primary N) is 1. The van der Waals surface area contributed by atoms with E-state index in [1.165, 1.54) is 11.3 Å². The van der Waals surface area contributed by atoms with Crippen LogP contribution >= 0.6 is 0 Å². The number of ether oxygens (including phenoxy) is 1. The van der Waals surface area contributed by atoms with E-state index in [2.05, 4.69) is 23.2 Å². The van der Waals surface area contributed by atoms with E-state index >= 15 is 0 Å². The summed E-state index contributed by atoms with van der Waals surface area (Å²) in [5, 5.41) is 3.73. The van der Waals surface area contributed by atoms with Crippen LogP contribution in [0.1, 0.15) is 12.0 Å². The number of nitrogen functional groups attached to an aromatic ring is 1. The van der Waals surface area contributed by atoms with E-state index in [4.69, 9.17) is 15.0 Å². The van der Waals surface area contributed by atoms with Gasteiger partial charge in [0.25, 0.3) is 0 Å². The number of rotatable bonds is 2. The predicted molar refractivity (Wildman–Crippen MR) is 74.5 cm³/mol. The highest BCUT2D eigenvalue weighted by molar-refractivity contribution is 5.81. The van der Waals surface area contributed by atoms with Gasteiger partial charge in [-0.3, -0.25) is 0 Å². The molecule has 0 saturated carbocycles. The molecule has 19 heavy (non-hydrogen) atoms. The fraction of sp³-hybridized carbons (Fsp3) is 0.357. The van der Waals surface area contributed by atoms with Gasteiger partial charge in [-0.05, 0) is 25.0 Å². The van der Waals surface area contributed by atoms with E-state index in [9.17, 15) is 0 Å². The number of hydrogen-bond acceptors (Lipinski definition) is 5. The SMILES string of the molecule is COc1c(-c2cnoc2N)ccc2c1CCCN2C. The van der Waals surface area contributed by atoms with Gasteiger partial charge in [0.05, 0.1) is 18.9 Å². The largest absolute Gasteiger partial charge is 0.496 e. The number of anilines is 2. The van der Waals surface area contributed by atoms with Crippen molar-refractivity contribution >= 4 is 11.6 Å². The van der Waals surface area contributed by atoms with Crippen LogP contribution in [0.2, 0.25) is 0 Å². The fourth-order valence-electron chi connectivity index (χ4n) is 2.73. The van der Waals surface area contributed by atoms with Crippen molar-refractivity contribution in [3.05, 3.63) is 23.9 Å². The first-order valence-electron chi connectivity index (χ1n) is 6.34. The minimum absolute atomic E-state index is 0.322. The zero-order valence-corrected chi connectivity index (χ0v) is 11.1. The topological polar surface area (TPSA) is 64.5 Å². The molecular weight excluding hydrogens is 242 g/mol. The standard InChI is InChI=1S/C14H17N3O2/c1-17-7-3-4-10-12(17)6-5-9(13(10)18-2)11-8-16-19-14(11)15/h5-6,8H,3-4,7,15H2,1-2H3. The summed E-state index contributed by atoms with van der Waals surface area (Å²) in [7, 11) is 3.79. The van der Waals surface area contributed by atoms with Crippen LogP contribution in [-0.2, 0) is 6.42 Å². The van der Waals surface area contributed by atoms with E-state index in [0.29, 0.717) is 5.88 Å². The highest BCUT2D eigenvalue weighted by atomic mass is 16.5. The number of nitrogens with zero attached hydrogens (tertiary/aromatic N) is 2. The molecule has 1 aromatic heterocycles. The van der Waals surface area contributed by atoms with Gasteiger partial charge in [0, 0.05) is 30.4 Å². The molecule has 0 saturated heterocycles. The van der Waals surface area contributed by atoms with Crippen molar-refractivity contribution in [3.8, 4) is 16.9 Å². The fourth-order valence-corrected chi connectivity index (χ4v) is 2.73. The summed E-state index contributed by atoms with van der Waals surface area (Å²) in [6, 6.07) is 4.13. The highest BCUT2D eigenvalue weighted by Gasteiger charge is 2.22. The Kier molecular flexibility index (Phi) is 2.81. The van der Waals surface area contributed by atoms with E-state index in [1.54, 1.807) is 13.3 Å². The number of methoxy groups -OCH3 is 1. The van der Waals surface area contributed by atoms with Gasteiger partial charge in [-0.2, -0.15) is 0 Å². The number of fused-ring (bicyclic) bond motifs is 1. The molecule has 100 valence electrons. The summed E-state index contributed by atoms with van der Waals surface area (Å²) in [4.78, 5) is 2.25. The Bertz CT molecular complexity index is 607. The van der Waals surface area contributed by atoms with Crippen molar-refractivity contribution in [2.45, 2.75) is 12.8 Å². The molecule has 1 aliphatic heterocycles. The Hall–Kier alpha value is -2.17. The Morgan fingerprint density at radius 1 is 1.37 bits per heavy atom. The second-order valence-corrected chi connectivity index (χ2v) is 4.77. The summed E-state index contributed by atoms with van der Waals surface area (Å²) in [5.41, 5.74) is 9.98. The van der Waals surface area contributed by atoms with Gasteiger partial charge in [-0.15, -0.1) is 0 Å². The lowest BCUT2D eigenvalue weighted by atomic mass is 9.95. The van der Waals surface area contributed by atoms with Gasteiger partial charge in [0.1, 0.15) is 5.75 Å². The third-order valence-corrected chi connectivity index (χ3v) is 3.66. The third-order valence-electron chi connectivity index (χ3n) is 3.66. The van der Waals surface area contributed by atoms with Crippen LogP contribution in [0.15, 0.2) is 22.9 Å². The monoisotopic (exact) mass is 259 g/mol. The predicted octanol–water partition coefficient (Wildman–Crippen LogP) is 2.31. The smallest absolute Gasteiger partial charge is 0.230 e. The van der Waals surface area contributed by atoms with Crippen molar-refractivity contribution in [2.75, 3.05) is 31.3 Å². The summed E-state index contributed by atoms with van der Waals surface area (Å²) in [6.07, 6.45) is 3.77. The lowest BCUT2D eigenvalue weighted by molar-refractivity contribution is 0.409. The number of hydrogen-bond donors (Lipinski definition) is 1. The Labute approximate surface area is 111 Å². The number of aromatic nitrogens is 1. The molecular formula is C14H17N3O2. The first-order valence-corrected chi connectivity index (χ1v) is 6.34. The van der Waals surface area contributed by atoms with Gasteiger partial charge >= 0.3 is 0 Å². The van der Waals surface area contributed by atoms with Crippen molar-refractivity contribution in [1.82, 2.24) is 5.16 Å². The lowest BCUT2D eigenvalue weighted by Gasteiger charge is -2.29.